The molecule has 0 spiro atoms. The largest absolute Gasteiger partial charge is 0.381 e. The quantitative estimate of drug-likeness (QED) is 0.500. The molecule has 1 saturated carbocycles. The van der Waals surface area contributed by atoms with Crippen LogP contribution in [0.4, 0.5) is 0 Å². The molecular formula is C9H13O. The van der Waals surface area contributed by atoms with Crippen LogP contribution in [0.5, 0.6) is 0 Å². The van der Waals surface area contributed by atoms with Gasteiger partial charge in [0.15, 0.2) is 0 Å². The van der Waals surface area contributed by atoms with Crippen LogP contribution in [-0.2, 0) is 4.74 Å². The van der Waals surface area contributed by atoms with E-state index in [1.165, 1.54) is 0 Å². The predicted octanol–water partition coefficient (Wildman–Crippen LogP) is 1.78. The molecule has 1 nitrogen and oxygen atoms in total. The van der Waals surface area contributed by atoms with Crippen LogP contribution in [0, 0.1) is 18.3 Å². The molecule has 55 valence electrons. The molecule has 1 rings (SSSR count). The number of methoxy groups -OCH3 is 1. The normalized spacial score (nSPS) is 33.2. The van der Waals surface area contributed by atoms with Gasteiger partial charge in [0.2, 0.25) is 0 Å². The average Bonchev–Trinajstić information content (AvgIpc) is 2.05. The second-order valence-electron chi connectivity index (χ2n) is 2.85. The Hall–Kier alpha value is -0.480. The van der Waals surface area contributed by atoms with Gasteiger partial charge in [0.05, 0.1) is 6.10 Å². The molecule has 0 aromatic heterocycles. The maximum Gasteiger partial charge on any atom is 0.0572 e. The maximum absolute atomic E-state index is 6.93. The topological polar surface area (TPSA) is 9.23 Å². The lowest BCUT2D eigenvalue weighted by Crippen LogP contribution is -2.19. The molecular weight excluding hydrogens is 124 g/mol. The highest BCUT2D eigenvalue weighted by Crippen LogP contribution is 2.24. The van der Waals surface area contributed by atoms with E-state index in [9.17, 15) is 0 Å². The van der Waals surface area contributed by atoms with Crippen LogP contribution in [0.1, 0.15) is 25.7 Å². The highest BCUT2D eigenvalue weighted by atomic mass is 16.5. The van der Waals surface area contributed by atoms with Gasteiger partial charge in [0.25, 0.3) is 0 Å². The molecule has 0 atom stereocenters. The molecule has 1 aliphatic carbocycles. The van der Waals surface area contributed by atoms with Gasteiger partial charge in [-0.3, -0.25) is 0 Å². The lowest BCUT2D eigenvalue weighted by molar-refractivity contribution is 0.0637. The second-order valence-corrected chi connectivity index (χ2v) is 2.85. The van der Waals surface area contributed by atoms with Crippen molar-refractivity contribution in [1.29, 1.82) is 0 Å². The summed E-state index contributed by atoms with van der Waals surface area (Å²) in [5.74, 6) is 2.95. The fourth-order valence-corrected chi connectivity index (χ4v) is 1.44. The maximum atomic E-state index is 6.93. The standard InChI is InChI=1S/C9H13O/c1-3-8-4-6-9(10-2)7-5-8/h8-9H,4-7H2,2H3. The van der Waals surface area contributed by atoms with Gasteiger partial charge in [-0.15, -0.1) is 0 Å². The summed E-state index contributed by atoms with van der Waals surface area (Å²) in [4.78, 5) is 0. The van der Waals surface area contributed by atoms with E-state index in [1.807, 2.05) is 0 Å². The summed E-state index contributed by atoms with van der Waals surface area (Å²) < 4.78 is 5.19. The van der Waals surface area contributed by atoms with Crippen molar-refractivity contribution >= 4 is 0 Å². The molecule has 0 heterocycles. The van der Waals surface area contributed by atoms with Crippen LogP contribution in [0.25, 0.3) is 0 Å². The first-order valence-electron chi connectivity index (χ1n) is 3.82. The summed E-state index contributed by atoms with van der Waals surface area (Å²) in [6, 6.07) is 0. The van der Waals surface area contributed by atoms with Crippen LogP contribution in [0.3, 0.4) is 0 Å². The summed E-state index contributed by atoms with van der Waals surface area (Å²) >= 11 is 0. The van der Waals surface area contributed by atoms with Crippen molar-refractivity contribution in [2.24, 2.45) is 5.92 Å². The first-order valence-corrected chi connectivity index (χ1v) is 3.82. The van der Waals surface area contributed by atoms with Crippen LogP contribution in [-0.4, -0.2) is 13.2 Å². The molecule has 1 fully saturated rings. The van der Waals surface area contributed by atoms with E-state index in [1.54, 1.807) is 7.11 Å². The fourth-order valence-electron chi connectivity index (χ4n) is 1.44. The van der Waals surface area contributed by atoms with Gasteiger partial charge in [0.1, 0.15) is 0 Å². The molecule has 0 N–H and O–H groups in total. The molecule has 10 heavy (non-hydrogen) atoms. The fraction of sp³-hybridized carbons (Fsp3) is 0.778. The zero-order chi connectivity index (χ0) is 7.40. The van der Waals surface area contributed by atoms with Gasteiger partial charge >= 0.3 is 0 Å². The Labute approximate surface area is 62.8 Å². The molecule has 0 bridgehead atoms. The Kier molecular flexibility index (Phi) is 2.77. The van der Waals surface area contributed by atoms with Crippen molar-refractivity contribution in [2.75, 3.05) is 7.11 Å². The molecule has 1 heteroatoms. The van der Waals surface area contributed by atoms with Gasteiger partial charge in [-0.2, -0.15) is 0 Å². The zero-order valence-electron chi connectivity index (χ0n) is 6.39. The lowest BCUT2D eigenvalue weighted by Gasteiger charge is -2.23. The molecule has 0 aromatic rings. The van der Waals surface area contributed by atoms with Crippen molar-refractivity contribution in [3.8, 4) is 5.92 Å². The Morgan fingerprint density at radius 3 is 2.30 bits per heavy atom. The molecule has 0 saturated heterocycles. The Morgan fingerprint density at radius 1 is 1.30 bits per heavy atom. The molecule has 0 aliphatic heterocycles. The molecule has 0 aromatic carbocycles. The first-order chi connectivity index (χ1) is 4.86. The van der Waals surface area contributed by atoms with Crippen LogP contribution in [0.15, 0.2) is 0 Å². The number of rotatable bonds is 1. The summed E-state index contributed by atoms with van der Waals surface area (Å²) in [5.41, 5.74) is 0. The van der Waals surface area contributed by atoms with E-state index in [-0.39, 0.29) is 0 Å². The molecule has 1 radical (unpaired) electrons. The average molecular weight is 137 g/mol. The third kappa shape index (κ3) is 1.75. The minimum absolute atomic E-state index is 0.409. The highest BCUT2D eigenvalue weighted by molar-refractivity contribution is 4.90. The summed E-state index contributed by atoms with van der Waals surface area (Å²) in [6.07, 6.45) is 11.8. The second kappa shape index (κ2) is 3.63. The van der Waals surface area contributed by atoms with E-state index >= 15 is 0 Å². The van der Waals surface area contributed by atoms with Crippen molar-refractivity contribution < 1.29 is 4.74 Å². The number of hydrogen-bond donors (Lipinski definition) is 0. The minimum atomic E-state index is 0.409. The molecule has 0 amide bonds. The summed E-state index contributed by atoms with van der Waals surface area (Å²) in [5, 5.41) is 0. The number of hydrogen-bond acceptors (Lipinski definition) is 1. The highest BCUT2D eigenvalue weighted by Gasteiger charge is 2.18. The van der Waals surface area contributed by atoms with Gasteiger partial charge in [-0.1, -0.05) is 5.92 Å². The van der Waals surface area contributed by atoms with Crippen LogP contribution in [0.2, 0.25) is 0 Å². The number of ether oxygens (including phenoxy) is 1. The summed E-state index contributed by atoms with van der Waals surface area (Å²) in [7, 11) is 1.76. The Balaban J connectivity index is 2.25. The monoisotopic (exact) mass is 137 g/mol. The van der Waals surface area contributed by atoms with Gasteiger partial charge < -0.3 is 4.74 Å². The minimum Gasteiger partial charge on any atom is -0.381 e. The third-order valence-corrected chi connectivity index (χ3v) is 2.21. The van der Waals surface area contributed by atoms with Gasteiger partial charge in [-0.05, 0) is 32.1 Å². The Morgan fingerprint density at radius 2 is 1.90 bits per heavy atom. The predicted molar refractivity (Wildman–Crippen MR) is 39.9 cm³/mol. The van der Waals surface area contributed by atoms with Crippen LogP contribution < -0.4 is 0 Å². The van der Waals surface area contributed by atoms with Gasteiger partial charge in [0, 0.05) is 13.0 Å². The van der Waals surface area contributed by atoms with Gasteiger partial charge in [-0.25, -0.2) is 0 Å². The van der Waals surface area contributed by atoms with Crippen molar-refractivity contribution in [2.45, 2.75) is 31.8 Å². The SMILES string of the molecule is [C]#CC1CCC(OC)CC1. The van der Waals surface area contributed by atoms with E-state index in [4.69, 9.17) is 11.2 Å². The Bertz CT molecular complexity index is 126. The van der Waals surface area contributed by atoms with Crippen LogP contribution >= 0.6 is 0 Å². The summed E-state index contributed by atoms with van der Waals surface area (Å²) in [6.45, 7) is 0. The smallest absolute Gasteiger partial charge is 0.0572 e. The van der Waals surface area contributed by atoms with Crippen molar-refractivity contribution in [3.05, 3.63) is 6.42 Å². The third-order valence-electron chi connectivity index (χ3n) is 2.21. The van der Waals surface area contributed by atoms with E-state index < -0.39 is 0 Å². The van der Waals surface area contributed by atoms with E-state index in [0.717, 1.165) is 25.7 Å². The lowest BCUT2D eigenvalue weighted by atomic mass is 9.88. The zero-order valence-corrected chi connectivity index (χ0v) is 6.39. The first kappa shape index (κ1) is 7.63. The van der Waals surface area contributed by atoms with E-state index in [0.29, 0.717) is 12.0 Å². The molecule has 1 aliphatic rings. The van der Waals surface area contributed by atoms with E-state index in [2.05, 4.69) is 5.92 Å². The van der Waals surface area contributed by atoms with Crippen molar-refractivity contribution in [3.63, 3.8) is 0 Å². The van der Waals surface area contributed by atoms with Crippen molar-refractivity contribution in [1.82, 2.24) is 0 Å². The molecule has 0 unspecified atom stereocenters.